The van der Waals surface area contributed by atoms with E-state index < -0.39 is 66.6 Å². The summed E-state index contributed by atoms with van der Waals surface area (Å²) in [6.45, 7) is 0.673. The lowest BCUT2D eigenvalue weighted by molar-refractivity contribution is -0.303. The van der Waals surface area contributed by atoms with E-state index in [0.717, 1.165) is 12.1 Å². The molecule has 0 bridgehead atoms. The number of aliphatic hydroxyl groups excluding tert-OH is 4. The van der Waals surface area contributed by atoms with Gasteiger partial charge < -0.3 is 50.0 Å². The van der Waals surface area contributed by atoms with E-state index in [1.165, 1.54) is 6.92 Å². The van der Waals surface area contributed by atoms with Crippen LogP contribution in [0.1, 0.15) is 17.3 Å². The van der Waals surface area contributed by atoms with Crippen molar-refractivity contribution in [2.24, 2.45) is 0 Å². The Balaban J connectivity index is 2.01. The van der Waals surface area contributed by atoms with Gasteiger partial charge in [-0.15, -0.1) is 0 Å². The molecule has 6 atom stereocenters. The number of benzene rings is 1. The van der Waals surface area contributed by atoms with Crippen molar-refractivity contribution in [2.75, 3.05) is 13.2 Å². The quantitative estimate of drug-likeness (QED) is 0.214. The molecule has 1 aliphatic heterocycles. The van der Waals surface area contributed by atoms with Crippen molar-refractivity contribution in [2.45, 2.75) is 43.7 Å². The monoisotopic (exact) mass is 390 g/mol. The third-order valence-corrected chi connectivity index (χ3v) is 3.85. The second-order valence-electron chi connectivity index (χ2n) is 6.16. The van der Waals surface area contributed by atoms with Gasteiger partial charge in [-0.25, -0.2) is 4.79 Å². The fraction of sp³-hybridized carbons (Fsp3) is 0.562. The summed E-state index contributed by atoms with van der Waals surface area (Å²) in [7, 11) is 0. The van der Waals surface area contributed by atoms with Crippen molar-refractivity contribution in [3.8, 4) is 17.2 Å². The van der Waals surface area contributed by atoms with Gasteiger partial charge in [-0.2, -0.15) is 0 Å². The summed E-state index contributed by atoms with van der Waals surface area (Å²) in [5.74, 6) is -3.28. The maximum Gasteiger partial charge on any atom is 0.338 e. The highest BCUT2D eigenvalue weighted by Crippen LogP contribution is 2.35. The van der Waals surface area contributed by atoms with E-state index in [0.29, 0.717) is 0 Å². The van der Waals surface area contributed by atoms with Crippen LogP contribution in [0.15, 0.2) is 12.1 Å². The Bertz CT molecular complexity index is 639. The molecule has 1 saturated heterocycles. The van der Waals surface area contributed by atoms with E-state index in [-0.39, 0.29) is 12.2 Å². The molecular weight excluding hydrogens is 368 g/mol. The number of hydrogen-bond donors (Lipinski definition) is 7. The molecule has 152 valence electrons. The van der Waals surface area contributed by atoms with Crippen LogP contribution >= 0.6 is 0 Å². The van der Waals surface area contributed by atoms with Crippen molar-refractivity contribution in [3.63, 3.8) is 0 Å². The Kier molecular flexibility index (Phi) is 6.81. The van der Waals surface area contributed by atoms with Gasteiger partial charge in [0.05, 0.1) is 18.3 Å². The van der Waals surface area contributed by atoms with Crippen LogP contribution in [0.3, 0.4) is 0 Å². The van der Waals surface area contributed by atoms with Crippen molar-refractivity contribution in [1.29, 1.82) is 0 Å². The number of aromatic hydroxyl groups is 3. The molecule has 6 unspecified atom stereocenters. The van der Waals surface area contributed by atoms with Crippen LogP contribution in [-0.4, -0.2) is 91.7 Å². The van der Waals surface area contributed by atoms with E-state index in [4.69, 9.17) is 14.2 Å². The summed E-state index contributed by atoms with van der Waals surface area (Å²) in [5.41, 5.74) is -0.282. The maximum absolute atomic E-state index is 12.0. The van der Waals surface area contributed by atoms with Gasteiger partial charge >= 0.3 is 5.97 Å². The minimum Gasteiger partial charge on any atom is -0.504 e. The number of carbonyl (C=O) groups excluding carboxylic acids is 1. The average Bonchev–Trinajstić information content (AvgIpc) is 2.61. The Morgan fingerprint density at radius 2 is 1.70 bits per heavy atom. The number of phenolic OH excluding ortho intramolecular Hbond substituents is 3. The summed E-state index contributed by atoms with van der Waals surface area (Å²) >= 11 is 0. The summed E-state index contributed by atoms with van der Waals surface area (Å²) in [5, 5.41) is 67.0. The molecule has 0 aromatic heterocycles. The number of carbonyl (C=O) groups is 1. The van der Waals surface area contributed by atoms with E-state index in [1.54, 1.807) is 0 Å². The van der Waals surface area contributed by atoms with Gasteiger partial charge in [0.25, 0.3) is 0 Å². The first-order valence-corrected chi connectivity index (χ1v) is 8.03. The molecule has 27 heavy (non-hydrogen) atoms. The fourth-order valence-corrected chi connectivity index (χ4v) is 2.39. The lowest BCUT2D eigenvalue weighted by Crippen LogP contribution is -2.59. The third kappa shape index (κ3) is 4.97. The number of esters is 1. The van der Waals surface area contributed by atoms with Gasteiger partial charge in [-0.1, -0.05) is 0 Å². The van der Waals surface area contributed by atoms with Crippen LogP contribution in [0.4, 0.5) is 0 Å². The van der Waals surface area contributed by atoms with Gasteiger partial charge in [0, 0.05) is 0 Å². The first kappa shape index (κ1) is 21.2. The summed E-state index contributed by atoms with van der Waals surface area (Å²) in [6.07, 6.45) is -8.33. The molecule has 0 aliphatic carbocycles. The fourth-order valence-electron chi connectivity index (χ4n) is 2.39. The van der Waals surface area contributed by atoms with Gasteiger partial charge in [0.1, 0.15) is 31.0 Å². The van der Waals surface area contributed by atoms with E-state index >= 15 is 0 Å². The largest absolute Gasteiger partial charge is 0.504 e. The first-order chi connectivity index (χ1) is 12.6. The number of aliphatic hydroxyl groups is 4. The van der Waals surface area contributed by atoms with E-state index in [2.05, 4.69) is 0 Å². The second kappa shape index (κ2) is 8.69. The molecule has 1 aliphatic rings. The molecule has 2 rings (SSSR count). The third-order valence-electron chi connectivity index (χ3n) is 3.85. The standard InChI is InChI=1S/C16H22O11/c1-6(17)4-26-16-14(23)13(22)12(21)10(27-16)5-25-15(24)7-2-8(18)11(20)9(19)3-7/h2-3,6,10,12-14,16-23H,4-5H2,1H3. The lowest BCUT2D eigenvalue weighted by Gasteiger charge is -2.40. The van der Waals surface area contributed by atoms with Crippen molar-refractivity contribution < 1.29 is 54.8 Å². The van der Waals surface area contributed by atoms with Crippen LogP contribution in [0.25, 0.3) is 0 Å². The second-order valence-corrected chi connectivity index (χ2v) is 6.16. The molecule has 11 nitrogen and oxygen atoms in total. The summed E-state index contributed by atoms with van der Waals surface area (Å²) in [4.78, 5) is 12.0. The predicted octanol–water partition coefficient (Wildman–Crippen LogP) is -1.83. The molecule has 1 aromatic carbocycles. The number of ether oxygens (including phenoxy) is 3. The van der Waals surface area contributed by atoms with Crippen molar-refractivity contribution >= 4 is 5.97 Å². The smallest absolute Gasteiger partial charge is 0.338 e. The lowest BCUT2D eigenvalue weighted by atomic mass is 9.99. The normalized spacial score (nSPS) is 29.3. The van der Waals surface area contributed by atoms with Gasteiger partial charge in [-0.05, 0) is 19.1 Å². The average molecular weight is 390 g/mol. The number of phenols is 3. The zero-order chi connectivity index (χ0) is 20.3. The molecule has 1 fully saturated rings. The molecule has 0 amide bonds. The van der Waals surface area contributed by atoms with E-state index in [9.17, 15) is 40.5 Å². The Morgan fingerprint density at radius 3 is 2.26 bits per heavy atom. The highest BCUT2D eigenvalue weighted by Gasteiger charge is 2.44. The highest BCUT2D eigenvalue weighted by molar-refractivity contribution is 5.91. The molecule has 11 heteroatoms. The Morgan fingerprint density at radius 1 is 1.11 bits per heavy atom. The molecular formula is C16H22O11. The first-order valence-electron chi connectivity index (χ1n) is 8.03. The topological polar surface area (TPSA) is 186 Å². The minimum atomic E-state index is -1.65. The Labute approximate surface area is 153 Å². The summed E-state index contributed by atoms with van der Waals surface area (Å²) in [6, 6.07) is 1.73. The van der Waals surface area contributed by atoms with Gasteiger partial charge in [0.2, 0.25) is 0 Å². The molecule has 0 radical (unpaired) electrons. The van der Waals surface area contributed by atoms with Crippen molar-refractivity contribution in [3.05, 3.63) is 17.7 Å². The molecule has 0 spiro atoms. The van der Waals surface area contributed by atoms with Gasteiger partial charge in [-0.3, -0.25) is 0 Å². The number of hydrogen-bond acceptors (Lipinski definition) is 11. The Hall–Kier alpha value is -2.15. The SMILES string of the molecule is CC(O)COC1OC(COC(=O)c2cc(O)c(O)c(O)c2)C(O)C(O)C1O. The van der Waals surface area contributed by atoms with E-state index in [1.807, 2.05) is 0 Å². The molecule has 0 saturated carbocycles. The van der Waals surface area contributed by atoms with Crippen LogP contribution < -0.4 is 0 Å². The van der Waals surface area contributed by atoms with Crippen LogP contribution in [-0.2, 0) is 14.2 Å². The van der Waals surface area contributed by atoms with Crippen LogP contribution in [0, 0.1) is 0 Å². The molecule has 7 N–H and O–H groups in total. The molecule has 1 aromatic rings. The van der Waals surface area contributed by atoms with Crippen LogP contribution in [0.2, 0.25) is 0 Å². The minimum absolute atomic E-state index is 0.205. The summed E-state index contributed by atoms with van der Waals surface area (Å²) < 4.78 is 15.3. The maximum atomic E-state index is 12.0. The number of rotatable bonds is 6. The zero-order valence-corrected chi connectivity index (χ0v) is 14.3. The zero-order valence-electron chi connectivity index (χ0n) is 14.3. The molecule has 1 heterocycles. The highest BCUT2D eigenvalue weighted by atomic mass is 16.7. The predicted molar refractivity (Wildman–Crippen MR) is 86.0 cm³/mol. The van der Waals surface area contributed by atoms with Crippen molar-refractivity contribution in [1.82, 2.24) is 0 Å². The van der Waals surface area contributed by atoms with Crippen LogP contribution in [0.5, 0.6) is 17.2 Å². The van der Waals surface area contributed by atoms with Gasteiger partial charge in [0.15, 0.2) is 23.5 Å².